The van der Waals surface area contributed by atoms with Crippen LogP contribution in [0.4, 0.5) is 5.82 Å². The molecule has 2 aliphatic heterocycles. The predicted octanol–water partition coefficient (Wildman–Crippen LogP) is -2.26. The minimum Gasteiger partial charge on any atom is -0.462 e. The van der Waals surface area contributed by atoms with Crippen molar-refractivity contribution in [3.05, 3.63) is 22.7 Å². The molecule has 132 valence electrons. The van der Waals surface area contributed by atoms with Crippen molar-refractivity contribution >= 4 is 11.8 Å². The number of aromatic nitrogens is 2. The van der Waals surface area contributed by atoms with E-state index >= 15 is 0 Å². The zero-order valence-electron chi connectivity index (χ0n) is 12.9. The van der Waals surface area contributed by atoms with Crippen molar-refractivity contribution in [1.82, 2.24) is 14.9 Å². The van der Waals surface area contributed by atoms with Gasteiger partial charge in [0.25, 0.3) is 0 Å². The Balaban J connectivity index is 1.64. The standard InChI is InChI=1S/C14H20N4O6/c15-9-3-5-18(14(22)17-9)12-11(20)10(19)8(24-12)6-23-13(21)7-2-1-4-16-7/h3,5,7-8,10-12,16,19-20H,1-2,4,6H2,(H2,15,17,22)/t7-,8+,10+,11-,12+/m0/s1. The largest absolute Gasteiger partial charge is 0.462 e. The van der Waals surface area contributed by atoms with Gasteiger partial charge in [-0.25, -0.2) is 4.79 Å². The summed E-state index contributed by atoms with van der Waals surface area (Å²) in [4.78, 5) is 27.2. The molecule has 2 aliphatic rings. The summed E-state index contributed by atoms with van der Waals surface area (Å²) in [5.41, 5.74) is 4.71. The second kappa shape index (κ2) is 6.85. The van der Waals surface area contributed by atoms with Crippen LogP contribution in [0, 0.1) is 0 Å². The molecule has 1 aromatic heterocycles. The summed E-state index contributed by atoms with van der Waals surface area (Å²) in [5.74, 6) is -0.383. The van der Waals surface area contributed by atoms with Crippen molar-refractivity contribution in [3.63, 3.8) is 0 Å². The molecule has 1 aromatic rings. The van der Waals surface area contributed by atoms with Gasteiger partial charge in [0, 0.05) is 6.20 Å². The summed E-state index contributed by atoms with van der Waals surface area (Å²) in [6, 6.07) is 1.02. The van der Waals surface area contributed by atoms with Crippen LogP contribution in [0.1, 0.15) is 19.1 Å². The predicted molar refractivity (Wildman–Crippen MR) is 80.8 cm³/mol. The first-order valence-electron chi connectivity index (χ1n) is 7.73. The SMILES string of the molecule is Nc1ccn([C@@H]2O[C@H](COC(=O)[C@@H]3CCCN3)[C@@H](O)[C@@H]2O)c(=O)n1. The molecule has 2 saturated heterocycles. The van der Waals surface area contributed by atoms with Gasteiger partial charge in [0.2, 0.25) is 0 Å². The van der Waals surface area contributed by atoms with Crippen LogP contribution in [0.5, 0.6) is 0 Å². The number of aliphatic hydroxyl groups excluding tert-OH is 2. The molecule has 0 saturated carbocycles. The molecule has 10 nitrogen and oxygen atoms in total. The second-order valence-corrected chi connectivity index (χ2v) is 5.87. The van der Waals surface area contributed by atoms with Gasteiger partial charge >= 0.3 is 11.7 Å². The number of hydrogen-bond donors (Lipinski definition) is 4. The Morgan fingerprint density at radius 3 is 2.96 bits per heavy atom. The zero-order chi connectivity index (χ0) is 17.3. The van der Waals surface area contributed by atoms with Gasteiger partial charge in [-0.2, -0.15) is 4.98 Å². The molecule has 0 bridgehead atoms. The molecule has 3 rings (SSSR count). The van der Waals surface area contributed by atoms with Crippen LogP contribution in [0.3, 0.4) is 0 Å². The number of anilines is 1. The fourth-order valence-electron chi connectivity index (χ4n) is 2.87. The number of nitrogens with zero attached hydrogens (tertiary/aromatic N) is 2. The fraction of sp³-hybridized carbons (Fsp3) is 0.643. The van der Waals surface area contributed by atoms with Gasteiger partial charge in [-0.3, -0.25) is 9.36 Å². The van der Waals surface area contributed by atoms with Crippen LogP contribution < -0.4 is 16.7 Å². The minimum atomic E-state index is -1.36. The summed E-state index contributed by atoms with van der Waals surface area (Å²) in [6.07, 6.45) is -1.82. The molecule has 5 N–H and O–H groups in total. The van der Waals surface area contributed by atoms with E-state index in [1.54, 1.807) is 0 Å². The number of nitrogen functional groups attached to an aromatic ring is 1. The van der Waals surface area contributed by atoms with E-state index in [0.29, 0.717) is 6.42 Å². The van der Waals surface area contributed by atoms with Crippen LogP contribution >= 0.6 is 0 Å². The molecule has 3 heterocycles. The highest BCUT2D eigenvalue weighted by atomic mass is 16.6. The monoisotopic (exact) mass is 340 g/mol. The van der Waals surface area contributed by atoms with E-state index in [1.165, 1.54) is 12.3 Å². The maximum Gasteiger partial charge on any atom is 0.351 e. The van der Waals surface area contributed by atoms with Crippen LogP contribution in [0.15, 0.2) is 17.1 Å². The van der Waals surface area contributed by atoms with Crippen LogP contribution in [0.2, 0.25) is 0 Å². The number of nitrogens with one attached hydrogen (secondary N) is 1. The van der Waals surface area contributed by atoms with E-state index in [2.05, 4.69) is 10.3 Å². The number of hydrogen-bond acceptors (Lipinski definition) is 9. The molecule has 0 spiro atoms. The van der Waals surface area contributed by atoms with Gasteiger partial charge in [-0.05, 0) is 25.5 Å². The highest BCUT2D eigenvalue weighted by Crippen LogP contribution is 2.28. The number of aliphatic hydroxyl groups is 2. The molecule has 2 fully saturated rings. The molecular weight excluding hydrogens is 320 g/mol. The number of carbonyl (C=O) groups is 1. The van der Waals surface area contributed by atoms with Crippen molar-refractivity contribution < 1.29 is 24.5 Å². The number of ether oxygens (including phenoxy) is 2. The normalized spacial score (nSPS) is 32.8. The maximum atomic E-state index is 11.9. The fourth-order valence-corrected chi connectivity index (χ4v) is 2.87. The van der Waals surface area contributed by atoms with Crippen molar-refractivity contribution in [2.24, 2.45) is 0 Å². The van der Waals surface area contributed by atoms with E-state index in [1.807, 2.05) is 0 Å². The first kappa shape index (κ1) is 16.8. The molecule has 0 radical (unpaired) electrons. The Morgan fingerprint density at radius 2 is 2.29 bits per heavy atom. The first-order chi connectivity index (χ1) is 11.5. The molecule has 24 heavy (non-hydrogen) atoms. The summed E-state index contributed by atoms with van der Waals surface area (Å²) in [5, 5.41) is 23.2. The van der Waals surface area contributed by atoms with Crippen LogP contribution in [-0.4, -0.2) is 63.2 Å². The summed E-state index contributed by atoms with van der Waals surface area (Å²) >= 11 is 0. The average molecular weight is 340 g/mol. The highest BCUT2D eigenvalue weighted by Gasteiger charge is 2.45. The summed E-state index contributed by atoms with van der Waals surface area (Å²) in [7, 11) is 0. The maximum absolute atomic E-state index is 11.9. The van der Waals surface area contributed by atoms with Gasteiger partial charge in [-0.1, -0.05) is 0 Å². The van der Waals surface area contributed by atoms with Gasteiger partial charge in [-0.15, -0.1) is 0 Å². The third-order valence-electron chi connectivity index (χ3n) is 4.20. The number of nitrogens with two attached hydrogens (primary N) is 1. The lowest BCUT2D eigenvalue weighted by Gasteiger charge is -2.17. The smallest absolute Gasteiger partial charge is 0.351 e. The molecular formula is C14H20N4O6. The Kier molecular flexibility index (Phi) is 4.81. The first-order valence-corrected chi connectivity index (χ1v) is 7.73. The van der Waals surface area contributed by atoms with Crippen LogP contribution in [-0.2, 0) is 14.3 Å². The molecule has 0 aliphatic carbocycles. The van der Waals surface area contributed by atoms with E-state index in [9.17, 15) is 19.8 Å². The van der Waals surface area contributed by atoms with Crippen molar-refractivity contribution in [2.75, 3.05) is 18.9 Å². The number of esters is 1. The second-order valence-electron chi connectivity index (χ2n) is 5.87. The van der Waals surface area contributed by atoms with E-state index in [-0.39, 0.29) is 18.5 Å². The van der Waals surface area contributed by atoms with Gasteiger partial charge in [0.05, 0.1) is 0 Å². The van der Waals surface area contributed by atoms with Crippen molar-refractivity contribution in [3.8, 4) is 0 Å². The molecule has 0 amide bonds. The zero-order valence-corrected chi connectivity index (χ0v) is 12.9. The van der Waals surface area contributed by atoms with Gasteiger partial charge < -0.3 is 30.7 Å². The lowest BCUT2D eigenvalue weighted by atomic mass is 10.1. The lowest BCUT2D eigenvalue weighted by molar-refractivity contribution is -0.152. The Morgan fingerprint density at radius 1 is 1.50 bits per heavy atom. The van der Waals surface area contributed by atoms with E-state index in [4.69, 9.17) is 15.2 Å². The number of rotatable bonds is 4. The average Bonchev–Trinajstić information content (AvgIpc) is 3.17. The number of carbonyl (C=O) groups excluding carboxylic acids is 1. The van der Waals surface area contributed by atoms with Gasteiger partial charge in [0.15, 0.2) is 6.23 Å². The third kappa shape index (κ3) is 3.26. The summed E-state index contributed by atoms with van der Waals surface area (Å²) in [6.45, 7) is 0.541. The van der Waals surface area contributed by atoms with E-state index < -0.39 is 36.2 Å². The molecule has 10 heteroatoms. The third-order valence-corrected chi connectivity index (χ3v) is 4.20. The van der Waals surface area contributed by atoms with Crippen molar-refractivity contribution in [1.29, 1.82) is 0 Å². The van der Waals surface area contributed by atoms with Gasteiger partial charge in [0.1, 0.15) is 36.8 Å². The minimum absolute atomic E-state index is 0.0406. The summed E-state index contributed by atoms with van der Waals surface area (Å²) < 4.78 is 11.7. The Labute approximate surface area is 137 Å². The lowest BCUT2D eigenvalue weighted by Crippen LogP contribution is -2.38. The quantitative estimate of drug-likeness (QED) is 0.445. The Hall–Kier alpha value is -2.01. The molecule has 0 unspecified atom stereocenters. The van der Waals surface area contributed by atoms with Crippen LogP contribution in [0.25, 0.3) is 0 Å². The molecule has 0 aromatic carbocycles. The van der Waals surface area contributed by atoms with Crippen molar-refractivity contribution in [2.45, 2.75) is 43.4 Å². The van der Waals surface area contributed by atoms with E-state index in [0.717, 1.165) is 17.5 Å². The Bertz CT molecular complexity index is 659. The molecule has 5 atom stereocenters. The highest BCUT2D eigenvalue weighted by molar-refractivity contribution is 5.76. The topological polar surface area (TPSA) is 149 Å².